The normalized spacial score (nSPS) is 14.0. The molecule has 0 saturated heterocycles. The van der Waals surface area contributed by atoms with Crippen LogP contribution < -0.4 is 4.90 Å². The first-order chi connectivity index (χ1) is 20.7. The largest absolute Gasteiger partial charge is 0.481 e. The summed E-state index contributed by atoms with van der Waals surface area (Å²) >= 11 is 2.03. The number of thioether (sulfide) groups is 2. The number of carboxylic acid groups (broad SMARTS) is 1. The Morgan fingerprint density at radius 3 is 1.88 bits per heavy atom. The molecular weight excluding hydrogens is 573 g/mol. The Hall–Kier alpha value is -4.33. The molecule has 0 atom stereocenters. The number of carboxylic acids is 1. The average molecular weight is 605 g/mol. The van der Waals surface area contributed by atoms with E-state index in [9.17, 15) is 9.59 Å². The molecule has 0 bridgehead atoms. The van der Waals surface area contributed by atoms with E-state index in [-0.39, 0.29) is 10.9 Å². The van der Waals surface area contributed by atoms with Crippen molar-refractivity contribution >= 4 is 74.3 Å². The van der Waals surface area contributed by atoms with Crippen LogP contribution in [-0.2, 0) is 9.59 Å². The first kappa shape index (κ1) is 30.1. The number of aliphatic carboxylic acids is 1. The monoisotopic (exact) mass is 604 g/mol. The SMILES string of the molecule is Cc1ccc(/C=C/c2ccc(N(c3ccc(/C=C4\N=C(SCC(=O)O)SC4=O)cc3)c3ccc(C)c(C)c3)cc2)cc1C. The lowest BCUT2D eigenvalue weighted by Gasteiger charge is -2.26. The van der Waals surface area contributed by atoms with Crippen LogP contribution in [0.1, 0.15) is 38.9 Å². The third kappa shape index (κ3) is 7.55. The summed E-state index contributed by atoms with van der Waals surface area (Å²) in [6.07, 6.45) is 6.01. The highest BCUT2D eigenvalue weighted by molar-refractivity contribution is 8.45. The predicted molar refractivity (Wildman–Crippen MR) is 184 cm³/mol. The zero-order valence-electron chi connectivity index (χ0n) is 24.5. The highest BCUT2D eigenvalue weighted by Crippen LogP contribution is 2.36. The maximum atomic E-state index is 12.4. The summed E-state index contributed by atoms with van der Waals surface area (Å²) in [5, 5.41) is 8.73. The molecule has 0 radical (unpaired) electrons. The van der Waals surface area contributed by atoms with Gasteiger partial charge < -0.3 is 10.0 Å². The highest BCUT2D eigenvalue weighted by atomic mass is 32.2. The molecule has 5 rings (SSSR count). The van der Waals surface area contributed by atoms with Crippen LogP contribution in [0.2, 0.25) is 0 Å². The van der Waals surface area contributed by atoms with Gasteiger partial charge in [-0.15, -0.1) is 0 Å². The number of hydrogen-bond acceptors (Lipinski definition) is 6. The number of nitrogens with zero attached hydrogens (tertiary/aromatic N) is 2. The van der Waals surface area contributed by atoms with Crippen LogP contribution in [0.5, 0.6) is 0 Å². The molecule has 4 aromatic carbocycles. The van der Waals surface area contributed by atoms with Gasteiger partial charge in [0.2, 0.25) is 5.12 Å². The van der Waals surface area contributed by atoms with E-state index in [0.717, 1.165) is 51.7 Å². The number of benzene rings is 4. The van der Waals surface area contributed by atoms with E-state index in [1.54, 1.807) is 6.08 Å². The molecule has 7 heteroatoms. The quantitative estimate of drug-likeness (QED) is 0.160. The topological polar surface area (TPSA) is 70.0 Å². The lowest BCUT2D eigenvalue weighted by atomic mass is 10.0. The smallest absolute Gasteiger partial charge is 0.313 e. The third-order valence-electron chi connectivity index (χ3n) is 7.27. The maximum absolute atomic E-state index is 12.4. The first-order valence-corrected chi connectivity index (χ1v) is 15.7. The Kier molecular flexibility index (Phi) is 9.34. The predicted octanol–water partition coefficient (Wildman–Crippen LogP) is 9.35. The molecule has 0 aromatic heterocycles. The summed E-state index contributed by atoms with van der Waals surface area (Å²) in [5.41, 5.74) is 11.5. The molecule has 5 nitrogen and oxygen atoms in total. The van der Waals surface area contributed by atoms with Gasteiger partial charge in [0.25, 0.3) is 0 Å². The van der Waals surface area contributed by atoms with Gasteiger partial charge in [0, 0.05) is 17.1 Å². The second kappa shape index (κ2) is 13.3. The van der Waals surface area contributed by atoms with E-state index >= 15 is 0 Å². The van der Waals surface area contributed by atoms with E-state index < -0.39 is 5.97 Å². The summed E-state index contributed by atoms with van der Waals surface area (Å²) in [4.78, 5) is 29.8. The second-order valence-corrected chi connectivity index (χ2v) is 12.6. The van der Waals surface area contributed by atoms with Gasteiger partial charge in [0.15, 0.2) is 0 Å². The molecule has 0 amide bonds. The standard InChI is InChI=1S/C36H32N2O3S2/c1-23-5-7-28(19-25(23)3)9-8-27-10-15-30(16-11-27)38(32-14-6-24(2)26(4)20-32)31-17-12-29(13-18-31)21-33-35(41)43-36(37-33)42-22-34(39)40/h5-21H,22H2,1-4H3,(H,39,40)/b9-8+,33-21-. The zero-order chi connectivity index (χ0) is 30.5. The summed E-state index contributed by atoms with van der Waals surface area (Å²) < 4.78 is 0.462. The van der Waals surface area contributed by atoms with Crippen molar-refractivity contribution < 1.29 is 14.7 Å². The summed E-state index contributed by atoms with van der Waals surface area (Å²) in [6.45, 7) is 8.48. The summed E-state index contributed by atoms with van der Waals surface area (Å²) in [5.74, 6) is -1.07. The van der Waals surface area contributed by atoms with E-state index in [0.29, 0.717) is 10.1 Å². The summed E-state index contributed by atoms with van der Waals surface area (Å²) in [6, 6.07) is 29.5. The molecule has 0 aliphatic carbocycles. The van der Waals surface area contributed by atoms with E-state index in [1.165, 1.54) is 27.8 Å². The van der Waals surface area contributed by atoms with Crippen molar-refractivity contribution in [3.63, 3.8) is 0 Å². The van der Waals surface area contributed by atoms with Crippen molar-refractivity contribution in [3.8, 4) is 0 Å². The molecule has 4 aromatic rings. The number of anilines is 3. The fourth-order valence-corrected chi connectivity index (χ4v) is 6.12. The molecule has 1 aliphatic rings. The molecule has 0 unspecified atom stereocenters. The van der Waals surface area contributed by atoms with E-state index in [1.807, 2.05) is 24.3 Å². The molecule has 0 fully saturated rings. The Morgan fingerprint density at radius 2 is 1.28 bits per heavy atom. The summed E-state index contributed by atoms with van der Waals surface area (Å²) in [7, 11) is 0. The first-order valence-electron chi connectivity index (χ1n) is 13.9. The molecule has 1 aliphatic heterocycles. The number of hydrogen-bond donors (Lipinski definition) is 1. The molecule has 1 heterocycles. The van der Waals surface area contributed by atoms with Crippen molar-refractivity contribution in [1.29, 1.82) is 0 Å². The van der Waals surface area contributed by atoms with Crippen LogP contribution in [0, 0.1) is 27.7 Å². The van der Waals surface area contributed by atoms with Crippen molar-refractivity contribution in [2.24, 2.45) is 4.99 Å². The van der Waals surface area contributed by atoms with Gasteiger partial charge in [-0.25, -0.2) is 4.99 Å². The third-order valence-corrected chi connectivity index (χ3v) is 9.27. The number of carbonyl (C=O) groups excluding carboxylic acids is 1. The maximum Gasteiger partial charge on any atom is 0.313 e. The Balaban J connectivity index is 1.42. The minimum atomic E-state index is -0.939. The van der Waals surface area contributed by atoms with Gasteiger partial charge >= 0.3 is 5.97 Å². The van der Waals surface area contributed by atoms with E-state index in [2.05, 4.69) is 110 Å². The number of rotatable bonds is 8. The van der Waals surface area contributed by atoms with Crippen molar-refractivity contribution in [2.45, 2.75) is 27.7 Å². The number of aliphatic imine (C=N–C) groups is 1. The van der Waals surface area contributed by atoms with Crippen LogP contribution >= 0.6 is 23.5 Å². The van der Waals surface area contributed by atoms with Crippen LogP contribution in [0.4, 0.5) is 17.1 Å². The Morgan fingerprint density at radius 1 is 0.744 bits per heavy atom. The minimum Gasteiger partial charge on any atom is -0.481 e. The van der Waals surface area contributed by atoms with Crippen LogP contribution in [0.15, 0.2) is 95.6 Å². The van der Waals surface area contributed by atoms with Gasteiger partial charge in [-0.05, 0) is 121 Å². The van der Waals surface area contributed by atoms with Gasteiger partial charge in [-0.3, -0.25) is 9.59 Å². The van der Waals surface area contributed by atoms with E-state index in [4.69, 9.17) is 5.11 Å². The highest BCUT2D eigenvalue weighted by Gasteiger charge is 2.23. The fraction of sp³-hybridized carbons (Fsp3) is 0.139. The van der Waals surface area contributed by atoms with Crippen molar-refractivity contribution in [2.75, 3.05) is 10.7 Å². The van der Waals surface area contributed by atoms with Gasteiger partial charge in [-0.2, -0.15) is 0 Å². The Labute approximate surface area is 261 Å². The Bertz CT molecular complexity index is 1770. The number of aryl methyl sites for hydroxylation is 4. The molecule has 0 spiro atoms. The van der Waals surface area contributed by atoms with Crippen LogP contribution in [0.3, 0.4) is 0 Å². The molecule has 0 saturated carbocycles. The zero-order valence-corrected chi connectivity index (χ0v) is 26.1. The van der Waals surface area contributed by atoms with Crippen LogP contribution in [0.25, 0.3) is 18.2 Å². The van der Waals surface area contributed by atoms with Gasteiger partial charge in [0.05, 0.1) is 5.75 Å². The average Bonchev–Trinajstić information content (AvgIpc) is 3.34. The number of carbonyl (C=O) groups is 2. The molecule has 216 valence electrons. The minimum absolute atomic E-state index is 0.126. The van der Waals surface area contributed by atoms with Crippen LogP contribution in [-0.4, -0.2) is 26.3 Å². The fourth-order valence-electron chi connectivity index (χ4n) is 4.56. The van der Waals surface area contributed by atoms with Gasteiger partial charge in [0.1, 0.15) is 10.1 Å². The van der Waals surface area contributed by atoms with Gasteiger partial charge in [-0.1, -0.05) is 72.4 Å². The molecule has 43 heavy (non-hydrogen) atoms. The van der Waals surface area contributed by atoms with Crippen molar-refractivity contribution in [1.82, 2.24) is 0 Å². The van der Waals surface area contributed by atoms with Crippen molar-refractivity contribution in [3.05, 3.63) is 130 Å². The molecule has 1 N–H and O–H groups in total. The molecular formula is C36H32N2O3S2. The lowest BCUT2D eigenvalue weighted by molar-refractivity contribution is -0.133. The second-order valence-electron chi connectivity index (χ2n) is 10.4. The lowest BCUT2D eigenvalue weighted by Crippen LogP contribution is -2.10.